The number of amides is 3. The lowest BCUT2D eigenvalue weighted by atomic mass is 10.0. The van der Waals surface area contributed by atoms with Gasteiger partial charge in [0.1, 0.15) is 24.4 Å². The van der Waals surface area contributed by atoms with Crippen LogP contribution in [0.2, 0.25) is 0 Å². The Morgan fingerprint density at radius 2 is 1.74 bits per heavy atom. The quantitative estimate of drug-likeness (QED) is 0.102. The van der Waals surface area contributed by atoms with Crippen LogP contribution in [0.15, 0.2) is 72.9 Å². The molecule has 262 valence electrons. The lowest BCUT2D eigenvalue weighted by Gasteiger charge is -2.23. The average Bonchev–Trinajstić information content (AvgIpc) is 3.52. The molecule has 3 amide bonds. The van der Waals surface area contributed by atoms with Gasteiger partial charge in [-0.3, -0.25) is 14.4 Å². The minimum Gasteiger partial charge on any atom is -0.489 e. The number of primary amides is 1. The summed E-state index contributed by atoms with van der Waals surface area (Å²) in [6.45, 7) is 1.66. The first-order chi connectivity index (χ1) is 23.9. The number of rotatable bonds is 17. The Kier molecular flexibility index (Phi) is 12.7. The van der Waals surface area contributed by atoms with Gasteiger partial charge in [0.15, 0.2) is 0 Å². The van der Waals surface area contributed by atoms with E-state index >= 15 is 0 Å². The lowest BCUT2D eigenvalue weighted by molar-refractivity contribution is -0.130. The number of carbonyl (C=O) groups is 4. The van der Waals surface area contributed by atoms with Gasteiger partial charge in [-0.25, -0.2) is 17.9 Å². The number of ether oxygens (including phenoxy) is 2. The molecule has 14 nitrogen and oxygen atoms in total. The van der Waals surface area contributed by atoms with Gasteiger partial charge in [-0.2, -0.15) is 5.26 Å². The fourth-order valence-corrected chi connectivity index (χ4v) is 5.82. The van der Waals surface area contributed by atoms with E-state index < -0.39 is 45.8 Å². The third-order valence-electron chi connectivity index (χ3n) is 7.80. The number of carbonyl (C=O) groups excluding carboxylic acids is 4. The van der Waals surface area contributed by atoms with Gasteiger partial charge >= 0.3 is 5.97 Å². The highest BCUT2D eigenvalue weighted by atomic mass is 32.2. The van der Waals surface area contributed by atoms with Crippen molar-refractivity contribution in [3.05, 3.63) is 101 Å². The molecule has 0 aliphatic rings. The van der Waals surface area contributed by atoms with E-state index in [2.05, 4.69) is 20.3 Å². The van der Waals surface area contributed by atoms with Gasteiger partial charge in [-0.05, 0) is 78.9 Å². The second-order valence-corrected chi connectivity index (χ2v) is 13.4. The molecule has 15 heteroatoms. The molecule has 0 fully saturated rings. The number of nitriles is 1. The molecule has 0 saturated carbocycles. The van der Waals surface area contributed by atoms with E-state index in [1.807, 2.05) is 6.07 Å². The summed E-state index contributed by atoms with van der Waals surface area (Å²) in [5.74, 6) is -2.34. The molecule has 1 aromatic heterocycles. The summed E-state index contributed by atoms with van der Waals surface area (Å²) in [7, 11) is -2.59. The standard InChI is InChI=1S/C35H38N6O8S/c1-3-50(46,47)41-31(34(44)40-30(13-14-32(37)42)33(43)39-19-23-9-7-22(18-36)8-10-23)16-26-20-38-29-12-11-27(17-28(26)29)49-21-24-5-4-6-25(15-24)35(45)48-2/h4-12,15,17,20,30-31,38,41H,3,13-14,16,19,21H2,1-2H3,(H2,37,42)(H,39,43)(H,40,44)/t30-,31+/m0/s1. The van der Waals surface area contributed by atoms with Crippen molar-refractivity contribution in [2.45, 2.75) is 51.4 Å². The molecule has 0 aliphatic carbocycles. The van der Waals surface area contributed by atoms with E-state index in [1.54, 1.807) is 72.9 Å². The number of nitrogens with zero attached hydrogens (tertiary/aromatic N) is 1. The van der Waals surface area contributed by atoms with Gasteiger partial charge in [0.25, 0.3) is 0 Å². The van der Waals surface area contributed by atoms with E-state index in [9.17, 15) is 27.6 Å². The van der Waals surface area contributed by atoms with E-state index in [0.717, 1.165) is 5.56 Å². The van der Waals surface area contributed by atoms with Crippen molar-refractivity contribution < 1.29 is 37.1 Å². The number of hydrogen-bond acceptors (Lipinski definition) is 9. The van der Waals surface area contributed by atoms with Gasteiger partial charge < -0.3 is 30.8 Å². The summed E-state index contributed by atoms with van der Waals surface area (Å²) in [6.07, 6.45) is 1.23. The SMILES string of the molecule is CCS(=O)(=O)N[C@H](Cc1c[nH]c2ccc(OCc3cccc(C(=O)OC)c3)cc12)C(=O)N[C@@H](CCC(N)=O)C(=O)NCc1ccc(C#N)cc1. The van der Waals surface area contributed by atoms with Crippen LogP contribution in [0.5, 0.6) is 5.75 Å². The van der Waals surface area contributed by atoms with Crippen LogP contribution in [0.1, 0.15) is 52.4 Å². The molecule has 4 aromatic rings. The molecular weight excluding hydrogens is 664 g/mol. The molecule has 2 atom stereocenters. The largest absolute Gasteiger partial charge is 0.489 e. The monoisotopic (exact) mass is 702 g/mol. The molecule has 0 unspecified atom stereocenters. The van der Waals surface area contributed by atoms with E-state index in [4.69, 9.17) is 20.5 Å². The van der Waals surface area contributed by atoms with Crippen molar-refractivity contribution >= 4 is 44.6 Å². The third kappa shape index (κ3) is 10.4. The molecular formula is C35H38N6O8S. The lowest BCUT2D eigenvalue weighted by Crippen LogP contribution is -2.54. The first kappa shape index (κ1) is 37.1. The first-order valence-corrected chi connectivity index (χ1v) is 17.3. The van der Waals surface area contributed by atoms with Gasteiger partial charge in [-0.1, -0.05) is 24.3 Å². The number of nitrogens with one attached hydrogen (secondary N) is 4. The number of benzene rings is 3. The summed E-state index contributed by atoms with van der Waals surface area (Å²) < 4.78 is 38.6. The Morgan fingerprint density at radius 1 is 0.980 bits per heavy atom. The van der Waals surface area contributed by atoms with E-state index in [0.29, 0.717) is 38.9 Å². The molecule has 0 saturated heterocycles. The average molecular weight is 703 g/mol. The van der Waals surface area contributed by atoms with Crippen LogP contribution in [0.25, 0.3) is 10.9 Å². The summed E-state index contributed by atoms with van der Waals surface area (Å²) in [4.78, 5) is 53.5. The zero-order valence-corrected chi connectivity index (χ0v) is 28.3. The molecule has 1 heterocycles. The van der Waals surface area contributed by atoms with E-state index in [1.165, 1.54) is 14.0 Å². The highest BCUT2D eigenvalue weighted by Gasteiger charge is 2.29. The maximum Gasteiger partial charge on any atom is 0.337 e. The van der Waals surface area contributed by atoms with Crippen LogP contribution in [0.3, 0.4) is 0 Å². The number of fused-ring (bicyclic) bond motifs is 1. The predicted octanol–water partition coefficient (Wildman–Crippen LogP) is 2.32. The summed E-state index contributed by atoms with van der Waals surface area (Å²) >= 11 is 0. The van der Waals surface area contributed by atoms with Crippen molar-refractivity contribution in [2.24, 2.45) is 5.73 Å². The smallest absolute Gasteiger partial charge is 0.337 e. The first-order valence-electron chi connectivity index (χ1n) is 15.7. The molecule has 3 aromatic carbocycles. The van der Waals surface area contributed by atoms with Gasteiger partial charge in [0, 0.05) is 30.1 Å². The van der Waals surface area contributed by atoms with Crippen molar-refractivity contribution in [3.63, 3.8) is 0 Å². The molecule has 4 rings (SSSR count). The topological polar surface area (TPSA) is 223 Å². The van der Waals surface area contributed by atoms with Crippen LogP contribution in [-0.4, -0.2) is 62.0 Å². The van der Waals surface area contributed by atoms with Gasteiger partial charge in [0.2, 0.25) is 27.7 Å². The van der Waals surface area contributed by atoms with Crippen LogP contribution < -0.4 is 25.8 Å². The van der Waals surface area contributed by atoms with Crippen molar-refractivity contribution in [3.8, 4) is 11.8 Å². The molecule has 50 heavy (non-hydrogen) atoms. The molecule has 0 aliphatic heterocycles. The summed E-state index contributed by atoms with van der Waals surface area (Å²) in [5.41, 5.74) is 8.90. The predicted molar refractivity (Wildman–Crippen MR) is 184 cm³/mol. The molecule has 6 N–H and O–H groups in total. The van der Waals surface area contributed by atoms with Gasteiger partial charge in [-0.15, -0.1) is 0 Å². The number of sulfonamides is 1. The minimum atomic E-state index is -3.89. The van der Waals surface area contributed by atoms with Crippen LogP contribution in [0.4, 0.5) is 0 Å². The number of hydrogen-bond donors (Lipinski definition) is 5. The summed E-state index contributed by atoms with van der Waals surface area (Å²) in [5, 5.41) is 15.0. The number of aromatic nitrogens is 1. The molecule has 0 radical (unpaired) electrons. The number of H-pyrrole nitrogens is 1. The van der Waals surface area contributed by atoms with E-state index in [-0.39, 0.29) is 38.2 Å². The number of nitrogens with two attached hydrogens (primary N) is 1. The Balaban J connectivity index is 1.52. The van der Waals surface area contributed by atoms with Crippen molar-refractivity contribution in [1.82, 2.24) is 20.3 Å². The van der Waals surface area contributed by atoms with Crippen LogP contribution in [-0.2, 0) is 48.7 Å². The Morgan fingerprint density at radius 3 is 2.42 bits per heavy atom. The summed E-state index contributed by atoms with van der Waals surface area (Å²) in [6, 6.07) is 18.1. The third-order valence-corrected chi connectivity index (χ3v) is 9.20. The van der Waals surface area contributed by atoms with Crippen LogP contribution >= 0.6 is 0 Å². The maximum absolute atomic E-state index is 13.7. The van der Waals surface area contributed by atoms with Gasteiger partial charge in [0.05, 0.1) is 30.1 Å². The minimum absolute atomic E-state index is 0.0792. The fourth-order valence-electron chi connectivity index (χ4n) is 5.03. The Hall–Kier alpha value is -5.72. The highest BCUT2D eigenvalue weighted by molar-refractivity contribution is 7.89. The highest BCUT2D eigenvalue weighted by Crippen LogP contribution is 2.26. The number of esters is 1. The van der Waals surface area contributed by atoms with Crippen LogP contribution in [0, 0.1) is 11.3 Å². The molecule has 0 spiro atoms. The fraction of sp³-hybridized carbons (Fsp3) is 0.286. The molecule has 0 bridgehead atoms. The zero-order chi connectivity index (χ0) is 36.3. The maximum atomic E-state index is 13.7. The number of methoxy groups -OCH3 is 1. The second kappa shape index (κ2) is 17.1. The second-order valence-electron chi connectivity index (χ2n) is 11.4. The Labute approximate surface area is 289 Å². The Bertz CT molecular complexity index is 2000. The number of aromatic amines is 1. The van der Waals surface area contributed by atoms with Crippen molar-refractivity contribution in [1.29, 1.82) is 5.26 Å². The normalized spacial score (nSPS) is 12.3. The zero-order valence-electron chi connectivity index (χ0n) is 27.5. The van der Waals surface area contributed by atoms with Crippen molar-refractivity contribution in [2.75, 3.05) is 12.9 Å².